The molecule has 0 radical (unpaired) electrons. The van der Waals surface area contributed by atoms with E-state index in [4.69, 9.17) is 16.2 Å². The number of nitrogens with two attached hydrogens (primary N) is 2. The van der Waals surface area contributed by atoms with Crippen LogP contribution in [0.25, 0.3) is 10.9 Å². The van der Waals surface area contributed by atoms with Crippen LogP contribution in [0.1, 0.15) is 11.6 Å². The number of aromatic amines is 1. The summed E-state index contributed by atoms with van der Waals surface area (Å²) in [4.78, 5) is 3.16. The molecule has 2 rings (SSSR count). The molecule has 5 N–H and O–H groups in total. The quantitative estimate of drug-likeness (QED) is 0.763. The maximum absolute atomic E-state index is 5.91. The standard InChI is InChI=1S/C11H15N3O.ClH/c1-15-7-2-3-11-8(4-7)9(6-14-11)10(13)5-12;/h2-4,6,10,14H,5,12-13H2,1H3;1H/t10-;/m1./s1. The van der Waals surface area contributed by atoms with Crippen molar-refractivity contribution in [1.29, 1.82) is 0 Å². The van der Waals surface area contributed by atoms with Crippen molar-refractivity contribution in [3.05, 3.63) is 30.0 Å². The number of halogens is 1. The van der Waals surface area contributed by atoms with Crippen molar-refractivity contribution >= 4 is 23.3 Å². The van der Waals surface area contributed by atoms with E-state index in [-0.39, 0.29) is 18.4 Å². The van der Waals surface area contributed by atoms with E-state index in [9.17, 15) is 0 Å². The van der Waals surface area contributed by atoms with Crippen LogP contribution < -0.4 is 16.2 Å². The van der Waals surface area contributed by atoms with Crippen molar-refractivity contribution in [2.24, 2.45) is 11.5 Å². The largest absolute Gasteiger partial charge is 0.497 e. The van der Waals surface area contributed by atoms with Gasteiger partial charge in [0.1, 0.15) is 5.75 Å². The van der Waals surface area contributed by atoms with Gasteiger partial charge in [-0.3, -0.25) is 0 Å². The highest BCUT2D eigenvalue weighted by molar-refractivity contribution is 5.85. The lowest BCUT2D eigenvalue weighted by Crippen LogP contribution is -2.20. The number of nitrogens with one attached hydrogen (secondary N) is 1. The first-order valence-electron chi connectivity index (χ1n) is 4.87. The summed E-state index contributed by atoms with van der Waals surface area (Å²) < 4.78 is 5.17. The van der Waals surface area contributed by atoms with E-state index < -0.39 is 0 Å². The zero-order valence-electron chi connectivity index (χ0n) is 9.07. The maximum Gasteiger partial charge on any atom is 0.119 e. The van der Waals surface area contributed by atoms with E-state index in [0.29, 0.717) is 6.54 Å². The average molecular weight is 242 g/mol. The molecule has 0 aliphatic carbocycles. The van der Waals surface area contributed by atoms with Gasteiger partial charge < -0.3 is 21.2 Å². The van der Waals surface area contributed by atoms with Crippen LogP contribution in [0.2, 0.25) is 0 Å². The molecule has 88 valence electrons. The summed E-state index contributed by atoms with van der Waals surface area (Å²) in [6.45, 7) is 0.435. The SMILES string of the molecule is COc1ccc2[nH]cc([C@H](N)CN)c2c1.Cl. The van der Waals surface area contributed by atoms with Crippen LogP contribution in [0.15, 0.2) is 24.4 Å². The molecule has 1 atom stereocenters. The van der Waals surface area contributed by atoms with Gasteiger partial charge in [-0.15, -0.1) is 12.4 Å². The van der Waals surface area contributed by atoms with Crippen molar-refractivity contribution in [2.45, 2.75) is 6.04 Å². The Kier molecular flexibility index (Phi) is 4.18. The molecule has 5 heteroatoms. The third kappa shape index (κ3) is 2.14. The molecule has 0 aliphatic rings. The molecule has 4 nitrogen and oxygen atoms in total. The molecule has 0 amide bonds. The molecule has 16 heavy (non-hydrogen) atoms. The molecule has 0 saturated carbocycles. The van der Waals surface area contributed by atoms with Gasteiger partial charge in [0.25, 0.3) is 0 Å². The smallest absolute Gasteiger partial charge is 0.119 e. The number of hydrogen-bond donors (Lipinski definition) is 3. The zero-order valence-corrected chi connectivity index (χ0v) is 9.88. The van der Waals surface area contributed by atoms with Crippen LogP contribution in [0.5, 0.6) is 5.75 Å². The van der Waals surface area contributed by atoms with Gasteiger partial charge in [-0.2, -0.15) is 0 Å². The van der Waals surface area contributed by atoms with Gasteiger partial charge in [-0.05, 0) is 23.8 Å². The van der Waals surface area contributed by atoms with Crippen molar-refractivity contribution in [1.82, 2.24) is 4.98 Å². The monoisotopic (exact) mass is 241 g/mol. The number of benzene rings is 1. The molecular formula is C11H16ClN3O. The van der Waals surface area contributed by atoms with Crippen LogP contribution in [-0.4, -0.2) is 18.6 Å². The summed E-state index contributed by atoms with van der Waals surface area (Å²) in [7, 11) is 1.65. The van der Waals surface area contributed by atoms with Gasteiger partial charge in [0.15, 0.2) is 0 Å². The second-order valence-corrected chi connectivity index (χ2v) is 3.50. The van der Waals surface area contributed by atoms with E-state index in [1.807, 2.05) is 24.4 Å². The highest BCUT2D eigenvalue weighted by Gasteiger charge is 2.10. The van der Waals surface area contributed by atoms with Crippen LogP contribution >= 0.6 is 12.4 Å². The zero-order chi connectivity index (χ0) is 10.8. The molecule has 0 unspecified atom stereocenters. The Labute approximate surface area is 100 Å². The van der Waals surface area contributed by atoms with E-state index in [1.165, 1.54) is 0 Å². The van der Waals surface area contributed by atoms with Crippen LogP contribution in [0.3, 0.4) is 0 Å². The molecule has 1 aromatic carbocycles. The van der Waals surface area contributed by atoms with Gasteiger partial charge in [0.2, 0.25) is 0 Å². The minimum atomic E-state index is -0.133. The molecule has 0 saturated heterocycles. The minimum absolute atomic E-state index is 0. The molecule has 0 spiro atoms. The van der Waals surface area contributed by atoms with Crippen molar-refractivity contribution in [3.8, 4) is 5.75 Å². The lowest BCUT2D eigenvalue weighted by molar-refractivity contribution is 0.415. The Bertz CT molecular complexity index is 469. The van der Waals surface area contributed by atoms with Gasteiger partial charge in [-0.1, -0.05) is 0 Å². The first-order chi connectivity index (χ1) is 7.26. The summed E-state index contributed by atoms with van der Waals surface area (Å²) in [5, 5.41) is 1.08. The topological polar surface area (TPSA) is 77.1 Å². The first kappa shape index (κ1) is 12.8. The summed E-state index contributed by atoms with van der Waals surface area (Å²) in [5.74, 6) is 0.826. The second kappa shape index (κ2) is 5.21. The molecule has 0 fully saturated rings. The van der Waals surface area contributed by atoms with Crippen LogP contribution in [0.4, 0.5) is 0 Å². The Morgan fingerprint density at radius 3 is 2.81 bits per heavy atom. The predicted octanol–water partition coefficient (Wildman–Crippen LogP) is 1.56. The number of methoxy groups -OCH3 is 1. The lowest BCUT2D eigenvalue weighted by atomic mass is 10.1. The van der Waals surface area contributed by atoms with E-state index >= 15 is 0 Å². The van der Waals surface area contributed by atoms with E-state index in [2.05, 4.69) is 4.98 Å². The van der Waals surface area contributed by atoms with Gasteiger partial charge in [-0.25, -0.2) is 0 Å². The van der Waals surface area contributed by atoms with Gasteiger partial charge in [0, 0.05) is 29.7 Å². The average Bonchev–Trinajstić information content (AvgIpc) is 2.70. The lowest BCUT2D eigenvalue weighted by Gasteiger charge is -2.07. The van der Waals surface area contributed by atoms with E-state index in [0.717, 1.165) is 22.2 Å². The fraction of sp³-hybridized carbons (Fsp3) is 0.273. The molecule has 1 heterocycles. The summed E-state index contributed by atoms with van der Waals surface area (Å²) in [6, 6.07) is 5.72. The highest BCUT2D eigenvalue weighted by atomic mass is 35.5. The van der Waals surface area contributed by atoms with Crippen molar-refractivity contribution in [3.63, 3.8) is 0 Å². The second-order valence-electron chi connectivity index (χ2n) is 3.50. The van der Waals surface area contributed by atoms with Gasteiger partial charge >= 0.3 is 0 Å². The Morgan fingerprint density at radius 2 is 2.19 bits per heavy atom. The Hall–Kier alpha value is -1.23. The van der Waals surface area contributed by atoms with Crippen LogP contribution in [-0.2, 0) is 0 Å². The fourth-order valence-electron chi connectivity index (χ4n) is 1.68. The Morgan fingerprint density at radius 1 is 1.44 bits per heavy atom. The summed E-state index contributed by atoms with van der Waals surface area (Å²) in [5.41, 5.74) is 13.5. The summed E-state index contributed by atoms with van der Waals surface area (Å²) >= 11 is 0. The maximum atomic E-state index is 5.91. The first-order valence-corrected chi connectivity index (χ1v) is 4.87. The molecule has 1 aromatic heterocycles. The van der Waals surface area contributed by atoms with Crippen molar-refractivity contribution < 1.29 is 4.74 Å². The predicted molar refractivity (Wildman–Crippen MR) is 68.1 cm³/mol. The van der Waals surface area contributed by atoms with E-state index in [1.54, 1.807) is 7.11 Å². The number of hydrogen-bond acceptors (Lipinski definition) is 3. The normalized spacial score (nSPS) is 12.2. The molecular weight excluding hydrogens is 226 g/mol. The van der Waals surface area contributed by atoms with Gasteiger partial charge in [0.05, 0.1) is 7.11 Å². The number of fused-ring (bicyclic) bond motifs is 1. The molecule has 0 aliphatic heterocycles. The third-order valence-electron chi connectivity index (χ3n) is 2.57. The fourth-order valence-corrected chi connectivity index (χ4v) is 1.68. The van der Waals surface area contributed by atoms with Crippen LogP contribution in [0, 0.1) is 0 Å². The third-order valence-corrected chi connectivity index (χ3v) is 2.57. The highest BCUT2D eigenvalue weighted by Crippen LogP contribution is 2.26. The number of H-pyrrole nitrogens is 1. The summed E-state index contributed by atoms with van der Waals surface area (Å²) in [6.07, 6.45) is 1.90. The molecule has 2 aromatic rings. The number of ether oxygens (including phenoxy) is 1. The van der Waals surface area contributed by atoms with Crippen molar-refractivity contribution in [2.75, 3.05) is 13.7 Å². The minimum Gasteiger partial charge on any atom is -0.497 e. The molecule has 0 bridgehead atoms. The Balaban J connectivity index is 0.00000128. The number of rotatable bonds is 3. The number of aromatic nitrogens is 1.